The maximum absolute atomic E-state index is 13.5. The lowest BCUT2D eigenvalue weighted by atomic mass is 10.0. The van der Waals surface area contributed by atoms with E-state index >= 15 is 0 Å². The van der Waals surface area contributed by atoms with E-state index in [1.165, 1.54) is 5.56 Å². The lowest BCUT2D eigenvalue weighted by Gasteiger charge is -2.15. The Kier molecular flexibility index (Phi) is 6.86. The summed E-state index contributed by atoms with van der Waals surface area (Å²) in [6, 6.07) is 33.1. The van der Waals surface area contributed by atoms with Gasteiger partial charge in [0, 0.05) is 11.3 Å². The topological polar surface area (TPSA) is 50.4 Å². The standard InChI is InChI=1S/C29H26N2O2/c1-21-12-16-24(17-13-21)30-27-10-6-7-11-28(27)31-29(32)26(23-8-4-3-5-9-23)20-22-14-18-25(33-2)19-15-22/h3-20,30H,1-2H3,(H,31,32)/b26-20+. The molecule has 0 fully saturated rings. The molecule has 4 aromatic carbocycles. The van der Waals surface area contributed by atoms with Crippen LogP contribution in [0.3, 0.4) is 0 Å². The number of ether oxygens (including phenoxy) is 1. The first-order chi connectivity index (χ1) is 16.1. The van der Waals surface area contributed by atoms with Gasteiger partial charge in [-0.1, -0.05) is 72.3 Å². The lowest BCUT2D eigenvalue weighted by Crippen LogP contribution is -2.14. The minimum atomic E-state index is -0.185. The number of anilines is 3. The van der Waals surface area contributed by atoms with Gasteiger partial charge in [-0.2, -0.15) is 0 Å². The van der Waals surface area contributed by atoms with Crippen LogP contribution in [0.25, 0.3) is 11.6 Å². The van der Waals surface area contributed by atoms with Crippen LogP contribution in [0.15, 0.2) is 103 Å². The van der Waals surface area contributed by atoms with Crippen LogP contribution in [0, 0.1) is 6.92 Å². The van der Waals surface area contributed by atoms with Crippen LogP contribution in [-0.2, 0) is 4.79 Å². The van der Waals surface area contributed by atoms with Crippen LogP contribution in [0.5, 0.6) is 5.75 Å². The first-order valence-corrected chi connectivity index (χ1v) is 10.8. The Bertz CT molecular complexity index is 1250. The van der Waals surface area contributed by atoms with E-state index in [4.69, 9.17) is 4.74 Å². The van der Waals surface area contributed by atoms with Crippen molar-refractivity contribution < 1.29 is 9.53 Å². The molecule has 0 saturated carbocycles. The highest BCUT2D eigenvalue weighted by Gasteiger charge is 2.14. The summed E-state index contributed by atoms with van der Waals surface area (Å²) in [7, 11) is 1.63. The Hall–Kier alpha value is -4.31. The van der Waals surface area contributed by atoms with Gasteiger partial charge in [0.1, 0.15) is 5.75 Å². The zero-order valence-corrected chi connectivity index (χ0v) is 18.7. The van der Waals surface area contributed by atoms with Crippen LogP contribution >= 0.6 is 0 Å². The molecule has 4 nitrogen and oxygen atoms in total. The van der Waals surface area contributed by atoms with Gasteiger partial charge in [-0.3, -0.25) is 4.79 Å². The molecule has 0 aromatic heterocycles. The van der Waals surface area contributed by atoms with E-state index in [1.807, 2.05) is 97.1 Å². The van der Waals surface area contributed by atoms with Crippen LogP contribution < -0.4 is 15.4 Å². The minimum Gasteiger partial charge on any atom is -0.497 e. The van der Waals surface area contributed by atoms with E-state index < -0.39 is 0 Å². The molecule has 4 rings (SSSR count). The number of carbonyl (C=O) groups is 1. The van der Waals surface area contributed by atoms with Crippen molar-refractivity contribution in [2.24, 2.45) is 0 Å². The smallest absolute Gasteiger partial charge is 0.256 e. The summed E-state index contributed by atoms with van der Waals surface area (Å²) in [4.78, 5) is 13.5. The van der Waals surface area contributed by atoms with Gasteiger partial charge in [0.15, 0.2) is 0 Å². The number of carbonyl (C=O) groups excluding carboxylic acids is 1. The van der Waals surface area contributed by atoms with E-state index in [1.54, 1.807) is 7.11 Å². The summed E-state index contributed by atoms with van der Waals surface area (Å²) in [6.45, 7) is 2.05. The third-order valence-electron chi connectivity index (χ3n) is 5.26. The summed E-state index contributed by atoms with van der Waals surface area (Å²) < 4.78 is 5.25. The van der Waals surface area contributed by atoms with Crippen molar-refractivity contribution in [1.82, 2.24) is 0 Å². The molecule has 0 saturated heterocycles. The largest absolute Gasteiger partial charge is 0.497 e. The van der Waals surface area contributed by atoms with E-state index in [2.05, 4.69) is 29.7 Å². The summed E-state index contributed by atoms with van der Waals surface area (Å²) in [5.41, 5.74) is 6.01. The average Bonchev–Trinajstić information content (AvgIpc) is 2.86. The molecular formula is C29H26N2O2. The Labute approximate surface area is 194 Å². The molecule has 1 amide bonds. The van der Waals surface area contributed by atoms with Crippen LogP contribution in [-0.4, -0.2) is 13.0 Å². The van der Waals surface area contributed by atoms with E-state index in [9.17, 15) is 4.79 Å². The summed E-state index contributed by atoms with van der Waals surface area (Å²) in [5, 5.41) is 6.49. The van der Waals surface area contributed by atoms with Crippen molar-refractivity contribution in [3.63, 3.8) is 0 Å². The zero-order valence-electron chi connectivity index (χ0n) is 18.7. The molecule has 0 bridgehead atoms. The number of hydrogen-bond donors (Lipinski definition) is 2. The fraction of sp³-hybridized carbons (Fsp3) is 0.0690. The molecular weight excluding hydrogens is 408 g/mol. The molecule has 2 N–H and O–H groups in total. The maximum atomic E-state index is 13.5. The van der Waals surface area contributed by atoms with Crippen molar-refractivity contribution in [2.45, 2.75) is 6.92 Å². The van der Waals surface area contributed by atoms with E-state index in [0.717, 1.165) is 28.3 Å². The molecule has 0 unspecified atom stereocenters. The SMILES string of the molecule is COc1ccc(/C=C(/C(=O)Nc2ccccc2Nc2ccc(C)cc2)c2ccccc2)cc1. The molecule has 164 valence electrons. The zero-order chi connectivity index (χ0) is 23.0. The predicted molar refractivity (Wildman–Crippen MR) is 137 cm³/mol. The number of para-hydroxylation sites is 2. The fourth-order valence-electron chi connectivity index (χ4n) is 3.45. The molecule has 0 heterocycles. The van der Waals surface area contributed by atoms with Gasteiger partial charge in [-0.15, -0.1) is 0 Å². The van der Waals surface area contributed by atoms with Gasteiger partial charge in [0.25, 0.3) is 5.91 Å². The average molecular weight is 435 g/mol. The minimum absolute atomic E-state index is 0.185. The molecule has 0 aliphatic rings. The Morgan fingerprint density at radius 2 is 1.39 bits per heavy atom. The number of methoxy groups -OCH3 is 1. The molecule has 0 atom stereocenters. The number of rotatable bonds is 7. The fourth-order valence-corrected chi connectivity index (χ4v) is 3.45. The van der Waals surface area contributed by atoms with Crippen LogP contribution in [0.1, 0.15) is 16.7 Å². The first-order valence-electron chi connectivity index (χ1n) is 10.8. The quantitative estimate of drug-likeness (QED) is 0.245. The number of hydrogen-bond acceptors (Lipinski definition) is 3. The molecule has 0 aliphatic heterocycles. The monoisotopic (exact) mass is 434 g/mol. The highest BCUT2D eigenvalue weighted by Crippen LogP contribution is 2.28. The second-order valence-corrected chi connectivity index (χ2v) is 7.69. The summed E-state index contributed by atoms with van der Waals surface area (Å²) in [6.07, 6.45) is 1.89. The third-order valence-corrected chi connectivity index (χ3v) is 5.26. The second kappa shape index (κ2) is 10.3. The normalized spacial score (nSPS) is 11.0. The maximum Gasteiger partial charge on any atom is 0.256 e. The van der Waals surface area contributed by atoms with Crippen molar-refractivity contribution >= 4 is 34.6 Å². The third kappa shape index (κ3) is 5.69. The molecule has 0 radical (unpaired) electrons. The number of benzene rings is 4. The van der Waals surface area contributed by atoms with Crippen LogP contribution in [0.2, 0.25) is 0 Å². The molecule has 4 heteroatoms. The summed E-state index contributed by atoms with van der Waals surface area (Å²) in [5.74, 6) is 0.587. The van der Waals surface area contributed by atoms with E-state index in [-0.39, 0.29) is 5.91 Å². The van der Waals surface area contributed by atoms with Crippen molar-refractivity contribution in [3.8, 4) is 5.75 Å². The Morgan fingerprint density at radius 1 is 0.758 bits per heavy atom. The van der Waals surface area contributed by atoms with E-state index in [0.29, 0.717) is 11.3 Å². The Morgan fingerprint density at radius 3 is 2.06 bits per heavy atom. The molecule has 4 aromatic rings. The van der Waals surface area contributed by atoms with Gasteiger partial charge in [0.2, 0.25) is 0 Å². The summed E-state index contributed by atoms with van der Waals surface area (Å²) >= 11 is 0. The second-order valence-electron chi connectivity index (χ2n) is 7.69. The highest BCUT2D eigenvalue weighted by molar-refractivity contribution is 6.29. The highest BCUT2D eigenvalue weighted by atomic mass is 16.5. The van der Waals surface area contributed by atoms with Crippen molar-refractivity contribution in [3.05, 3.63) is 120 Å². The van der Waals surface area contributed by atoms with Gasteiger partial charge in [0.05, 0.1) is 18.5 Å². The molecule has 0 spiro atoms. The van der Waals surface area contributed by atoms with Crippen LogP contribution in [0.4, 0.5) is 17.1 Å². The number of aryl methyl sites for hydroxylation is 1. The number of nitrogens with one attached hydrogen (secondary N) is 2. The Balaban J connectivity index is 1.64. The molecule has 33 heavy (non-hydrogen) atoms. The van der Waals surface area contributed by atoms with Crippen molar-refractivity contribution in [1.29, 1.82) is 0 Å². The van der Waals surface area contributed by atoms with Gasteiger partial charge < -0.3 is 15.4 Å². The van der Waals surface area contributed by atoms with Gasteiger partial charge >= 0.3 is 0 Å². The first kappa shape index (κ1) is 21.9. The predicted octanol–water partition coefficient (Wildman–Crippen LogP) is 6.93. The molecule has 0 aliphatic carbocycles. The van der Waals surface area contributed by atoms with Crippen molar-refractivity contribution in [2.75, 3.05) is 17.7 Å². The van der Waals surface area contributed by atoms with Gasteiger partial charge in [-0.25, -0.2) is 0 Å². The lowest BCUT2D eigenvalue weighted by molar-refractivity contribution is -0.111. The number of amides is 1. The van der Waals surface area contributed by atoms with Gasteiger partial charge in [-0.05, 0) is 60.5 Å².